The van der Waals surface area contributed by atoms with E-state index in [1.165, 1.54) is 5.56 Å². The van der Waals surface area contributed by atoms with Crippen LogP contribution in [0, 0.1) is 6.92 Å². The molecule has 0 heterocycles. The van der Waals surface area contributed by atoms with Crippen molar-refractivity contribution >= 4 is 11.6 Å². The Morgan fingerprint density at radius 2 is 2.19 bits per heavy atom. The van der Waals surface area contributed by atoms with Crippen molar-refractivity contribution in [2.24, 2.45) is 5.10 Å². The summed E-state index contributed by atoms with van der Waals surface area (Å²) < 4.78 is 5.38. The van der Waals surface area contributed by atoms with Crippen LogP contribution < -0.4 is 10.2 Å². The lowest BCUT2D eigenvalue weighted by Crippen LogP contribution is -2.22. The van der Waals surface area contributed by atoms with E-state index in [-0.39, 0.29) is 5.91 Å². The van der Waals surface area contributed by atoms with Crippen LogP contribution in [0.25, 0.3) is 0 Å². The molecular weight excluding hydrogens is 264 g/mol. The molecule has 0 aliphatic heterocycles. The second kappa shape index (κ2) is 7.25. The molecule has 1 aliphatic rings. The van der Waals surface area contributed by atoms with E-state index in [0.717, 1.165) is 54.7 Å². The van der Waals surface area contributed by atoms with Crippen molar-refractivity contribution in [1.82, 2.24) is 5.43 Å². The molecule has 1 aliphatic carbocycles. The van der Waals surface area contributed by atoms with Crippen LogP contribution in [0.1, 0.15) is 55.7 Å². The number of aryl methyl sites for hydroxylation is 2. The Balaban J connectivity index is 2.17. The van der Waals surface area contributed by atoms with Crippen molar-refractivity contribution < 1.29 is 9.53 Å². The molecule has 114 valence electrons. The molecule has 0 atom stereocenters. The number of unbranched alkanes of at least 4 members (excludes halogenated alkanes) is 1. The zero-order valence-corrected chi connectivity index (χ0v) is 13.2. The lowest BCUT2D eigenvalue weighted by Gasteiger charge is -2.20. The summed E-state index contributed by atoms with van der Waals surface area (Å²) in [4.78, 5) is 11.7. The van der Waals surface area contributed by atoms with E-state index in [0.29, 0.717) is 6.42 Å². The third-order valence-electron chi connectivity index (χ3n) is 3.86. The quantitative estimate of drug-likeness (QED) is 0.845. The summed E-state index contributed by atoms with van der Waals surface area (Å²) in [6.07, 6.45) is 5.47. The predicted octanol–water partition coefficient (Wildman–Crippen LogP) is 3.35. The van der Waals surface area contributed by atoms with Gasteiger partial charge < -0.3 is 4.74 Å². The summed E-state index contributed by atoms with van der Waals surface area (Å²) in [6.45, 7) is 4.11. The third-order valence-corrected chi connectivity index (χ3v) is 3.86. The Hall–Kier alpha value is -1.84. The fraction of sp³-hybridized carbons (Fsp3) is 0.529. The summed E-state index contributed by atoms with van der Waals surface area (Å²) >= 11 is 0. The van der Waals surface area contributed by atoms with Gasteiger partial charge in [0.1, 0.15) is 5.75 Å². The molecule has 0 saturated carbocycles. The van der Waals surface area contributed by atoms with Crippen LogP contribution in [-0.2, 0) is 11.2 Å². The second-order valence-electron chi connectivity index (χ2n) is 5.53. The van der Waals surface area contributed by atoms with Crippen molar-refractivity contribution in [1.29, 1.82) is 0 Å². The molecule has 0 aromatic heterocycles. The molecule has 0 fully saturated rings. The van der Waals surface area contributed by atoms with Crippen molar-refractivity contribution in [3.05, 3.63) is 28.8 Å². The number of amides is 1. The zero-order valence-electron chi connectivity index (χ0n) is 13.2. The molecule has 0 radical (unpaired) electrons. The lowest BCUT2D eigenvalue weighted by atomic mass is 9.88. The summed E-state index contributed by atoms with van der Waals surface area (Å²) in [5, 5.41) is 4.35. The molecule has 1 aromatic rings. The molecule has 4 heteroatoms. The highest BCUT2D eigenvalue weighted by Crippen LogP contribution is 2.28. The number of fused-ring (bicyclic) bond motifs is 1. The Kier molecular flexibility index (Phi) is 5.37. The fourth-order valence-corrected chi connectivity index (χ4v) is 2.65. The van der Waals surface area contributed by atoms with Crippen molar-refractivity contribution in [2.45, 2.75) is 52.4 Å². The predicted molar refractivity (Wildman–Crippen MR) is 84.9 cm³/mol. The molecule has 0 spiro atoms. The average molecular weight is 288 g/mol. The summed E-state index contributed by atoms with van der Waals surface area (Å²) in [7, 11) is 1.69. The van der Waals surface area contributed by atoms with Gasteiger partial charge in [-0.3, -0.25) is 4.79 Å². The Morgan fingerprint density at radius 3 is 2.90 bits per heavy atom. The molecule has 1 aromatic carbocycles. The first-order chi connectivity index (χ1) is 10.2. The van der Waals surface area contributed by atoms with Gasteiger partial charge >= 0.3 is 0 Å². The highest BCUT2D eigenvalue weighted by molar-refractivity contribution is 6.03. The molecule has 0 unspecified atom stereocenters. The standard InChI is InChI=1S/C17H24N2O2/c1-4-5-9-17(20)19-18-15-8-6-7-13-11-16(21-3)12(2)10-14(13)15/h10-11H,4-9H2,1-3H3,(H,19,20)/b18-15+. The Labute approximate surface area is 126 Å². The summed E-state index contributed by atoms with van der Waals surface area (Å²) in [5.41, 5.74) is 7.18. The van der Waals surface area contributed by atoms with Crippen LogP contribution in [0.3, 0.4) is 0 Å². The van der Waals surface area contributed by atoms with E-state index in [2.05, 4.69) is 29.6 Å². The smallest absolute Gasteiger partial charge is 0.240 e. The topological polar surface area (TPSA) is 50.7 Å². The number of nitrogens with one attached hydrogen (secondary N) is 1. The molecule has 21 heavy (non-hydrogen) atoms. The number of nitrogens with zero attached hydrogens (tertiary/aromatic N) is 1. The number of hydrogen-bond acceptors (Lipinski definition) is 3. The molecule has 1 N–H and O–H groups in total. The van der Waals surface area contributed by atoms with E-state index < -0.39 is 0 Å². The minimum absolute atomic E-state index is 0.00158. The van der Waals surface area contributed by atoms with Gasteiger partial charge in [0.25, 0.3) is 0 Å². The molecule has 2 rings (SSSR count). The van der Waals surface area contributed by atoms with Crippen molar-refractivity contribution in [2.75, 3.05) is 7.11 Å². The van der Waals surface area contributed by atoms with Crippen LogP contribution in [0.5, 0.6) is 5.75 Å². The van der Waals surface area contributed by atoms with E-state index in [1.807, 2.05) is 6.92 Å². The van der Waals surface area contributed by atoms with E-state index in [1.54, 1.807) is 7.11 Å². The maximum atomic E-state index is 11.7. The van der Waals surface area contributed by atoms with E-state index in [9.17, 15) is 4.79 Å². The van der Waals surface area contributed by atoms with Gasteiger partial charge in [-0.05, 0) is 55.9 Å². The highest BCUT2D eigenvalue weighted by Gasteiger charge is 2.18. The molecule has 0 saturated heterocycles. The second-order valence-corrected chi connectivity index (χ2v) is 5.53. The first-order valence-electron chi connectivity index (χ1n) is 7.69. The summed E-state index contributed by atoms with van der Waals surface area (Å²) in [6, 6.07) is 4.21. The van der Waals surface area contributed by atoms with Gasteiger partial charge in [0.2, 0.25) is 5.91 Å². The van der Waals surface area contributed by atoms with Crippen LogP contribution in [-0.4, -0.2) is 18.7 Å². The van der Waals surface area contributed by atoms with Gasteiger partial charge in [-0.25, -0.2) is 5.43 Å². The van der Waals surface area contributed by atoms with Gasteiger partial charge in [-0.1, -0.05) is 13.3 Å². The van der Waals surface area contributed by atoms with E-state index >= 15 is 0 Å². The largest absolute Gasteiger partial charge is 0.496 e. The van der Waals surface area contributed by atoms with Crippen molar-refractivity contribution in [3.8, 4) is 5.75 Å². The van der Waals surface area contributed by atoms with Crippen LogP contribution in [0.4, 0.5) is 0 Å². The maximum Gasteiger partial charge on any atom is 0.240 e. The van der Waals surface area contributed by atoms with Crippen molar-refractivity contribution in [3.63, 3.8) is 0 Å². The number of hydrogen-bond donors (Lipinski definition) is 1. The van der Waals surface area contributed by atoms with E-state index in [4.69, 9.17) is 4.74 Å². The number of benzene rings is 1. The van der Waals surface area contributed by atoms with Crippen LogP contribution in [0.15, 0.2) is 17.2 Å². The highest BCUT2D eigenvalue weighted by atomic mass is 16.5. The number of ether oxygens (including phenoxy) is 1. The molecular formula is C17H24N2O2. The zero-order chi connectivity index (χ0) is 15.2. The van der Waals surface area contributed by atoms with Crippen LogP contribution in [0.2, 0.25) is 0 Å². The van der Waals surface area contributed by atoms with Crippen LogP contribution >= 0.6 is 0 Å². The molecule has 4 nitrogen and oxygen atoms in total. The van der Waals surface area contributed by atoms with Gasteiger partial charge in [0.15, 0.2) is 0 Å². The van der Waals surface area contributed by atoms with Gasteiger partial charge in [-0.2, -0.15) is 5.10 Å². The monoisotopic (exact) mass is 288 g/mol. The summed E-state index contributed by atoms with van der Waals surface area (Å²) in [5.74, 6) is 0.920. The first-order valence-corrected chi connectivity index (χ1v) is 7.69. The number of hydrazone groups is 1. The fourth-order valence-electron chi connectivity index (χ4n) is 2.65. The minimum atomic E-state index is 0.00158. The minimum Gasteiger partial charge on any atom is -0.496 e. The van der Waals surface area contributed by atoms with Gasteiger partial charge in [0.05, 0.1) is 12.8 Å². The lowest BCUT2D eigenvalue weighted by molar-refractivity contribution is -0.121. The average Bonchev–Trinajstić information content (AvgIpc) is 2.50. The normalized spacial score (nSPS) is 15.7. The molecule has 0 bridgehead atoms. The maximum absolute atomic E-state index is 11.7. The third kappa shape index (κ3) is 3.84. The van der Waals surface area contributed by atoms with Gasteiger partial charge in [0, 0.05) is 12.0 Å². The Bertz CT molecular complexity index is 550. The number of carbonyl (C=O) groups excluding carboxylic acids is 1. The SMILES string of the molecule is CCCCC(=O)N/N=C1\CCCc2cc(OC)c(C)cc21. The first kappa shape index (κ1) is 15.5. The number of carbonyl (C=O) groups is 1. The molecule has 1 amide bonds. The van der Waals surface area contributed by atoms with Gasteiger partial charge in [-0.15, -0.1) is 0 Å². The number of methoxy groups -OCH3 is 1. The number of rotatable bonds is 5. The Morgan fingerprint density at radius 1 is 1.38 bits per heavy atom.